The van der Waals surface area contributed by atoms with Crippen molar-refractivity contribution in [2.75, 3.05) is 72.1 Å². The molecule has 292 valence electrons. The van der Waals surface area contributed by atoms with Crippen molar-refractivity contribution >= 4 is 28.4 Å². The van der Waals surface area contributed by atoms with Crippen molar-refractivity contribution in [1.82, 2.24) is 25.2 Å². The lowest BCUT2D eigenvalue weighted by Crippen LogP contribution is -2.51. The predicted molar refractivity (Wildman–Crippen MR) is 191 cm³/mol. The first-order valence-corrected chi connectivity index (χ1v) is 20.2. The number of nitrogens with zero attached hydrogens (tertiary/aromatic N) is 5. The van der Waals surface area contributed by atoms with Crippen LogP contribution in [0.1, 0.15) is 113 Å². The van der Waals surface area contributed by atoms with Gasteiger partial charge in [-0.1, -0.05) is 53.4 Å². The van der Waals surface area contributed by atoms with E-state index >= 15 is 0 Å². The van der Waals surface area contributed by atoms with E-state index in [0.717, 1.165) is 0 Å². The number of nitrogens with one attached hydrogen (secondary N) is 1. The Balaban J connectivity index is 0.000000432. The Bertz CT molecular complexity index is 1110. The Kier molecular flexibility index (Phi) is 18.7. The zero-order valence-corrected chi connectivity index (χ0v) is 32.7. The van der Waals surface area contributed by atoms with E-state index in [9.17, 15) is 22.8 Å². The minimum atomic E-state index is -4.84. The Morgan fingerprint density at radius 1 is 0.880 bits per heavy atom. The molecular formula is C34H67N6O9S+. The maximum Gasteiger partial charge on any atom is 0.418 e. The molecule has 0 aromatic carbocycles. The predicted octanol–water partition coefficient (Wildman–Crippen LogP) is 4.59. The van der Waals surface area contributed by atoms with Crippen molar-refractivity contribution in [1.29, 1.82) is 0 Å². The zero-order chi connectivity index (χ0) is 37.4. The summed E-state index contributed by atoms with van der Waals surface area (Å²) in [5, 5.41) is 0.584. The average molecular weight is 736 g/mol. The maximum absolute atomic E-state index is 12.5. The third kappa shape index (κ3) is 15.2. The number of rotatable bonds is 19. The van der Waals surface area contributed by atoms with Gasteiger partial charge in [-0.25, -0.2) is 15.1 Å². The summed E-state index contributed by atoms with van der Waals surface area (Å²) in [5.41, 5.74) is 1.80. The molecule has 50 heavy (non-hydrogen) atoms. The molecule has 15 nitrogen and oxygen atoms in total. The van der Waals surface area contributed by atoms with Gasteiger partial charge in [-0.3, -0.25) is 19.1 Å². The molecule has 16 heteroatoms. The number of unbranched alkanes of at least 4 members (excludes halogenated alkanes) is 4. The second-order valence-corrected chi connectivity index (χ2v) is 15.8. The Morgan fingerprint density at radius 3 is 1.86 bits per heavy atom. The van der Waals surface area contributed by atoms with Crippen molar-refractivity contribution in [3.05, 3.63) is 0 Å². The van der Waals surface area contributed by atoms with Gasteiger partial charge in [0.1, 0.15) is 11.6 Å². The van der Waals surface area contributed by atoms with Crippen LogP contribution < -0.4 is 5.48 Å². The topological polar surface area (TPSA) is 158 Å². The molecule has 0 radical (unpaired) electrons. The number of fused-ring (bicyclic) bond motifs is 2. The molecule has 0 aromatic heterocycles. The monoisotopic (exact) mass is 735 g/mol. The van der Waals surface area contributed by atoms with Gasteiger partial charge in [-0.05, 0) is 59.3 Å². The largest absolute Gasteiger partial charge is 0.444 e. The minimum Gasteiger partial charge on any atom is -0.444 e. The van der Waals surface area contributed by atoms with Crippen LogP contribution in [-0.4, -0.2) is 145 Å². The van der Waals surface area contributed by atoms with Gasteiger partial charge in [0.2, 0.25) is 0 Å². The molecule has 0 unspecified atom stereocenters. The van der Waals surface area contributed by atoms with Crippen LogP contribution in [0.3, 0.4) is 0 Å². The number of ether oxygens (including phenoxy) is 1. The molecule has 3 heterocycles. The molecule has 0 spiro atoms. The van der Waals surface area contributed by atoms with Gasteiger partial charge in [-0.15, -0.1) is 4.28 Å². The minimum absolute atomic E-state index is 0.106. The van der Waals surface area contributed by atoms with E-state index in [2.05, 4.69) is 42.4 Å². The normalized spacial score (nSPS) is 20.1. The molecule has 2 N–H and O–H groups in total. The van der Waals surface area contributed by atoms with Gasteiger partial charge in [0, 0.05) is 39.3 Å². The molecule has 4 amide bonds. The van der Waals surface area contributed by atoms with E-state index in [-0.39, 0.29) is 19.2 Å². The molecule has 3 fully saturated rings. The van der Waals surface area contributed by atoms with Crippen LogP contribution in [0, 0.1) is 0 Å². The second kappa shape index (κ2) is 21.3. The molecule has 3 rings (SSSR count). The molecule has 0 aromatic rings. The van der Waals surface area contributed by atoms with E-state index < -0.39 is 40.0 Å². The third-order valence-corrected chi connectivity index (χ3v) is 9.80. The van der Waals surface area contributed by atoms with E-state index in [1.165, 1.54) is 86.9 Å². The van der Waals surface area contributed by atoms with Crippen LogP contribution in [0.25, 0.3) is 0 Å². The standard InChI is InChI=1S/C18H31N5O9S.C16H36N/c1-18(2,3)31-17(26)21-8-6-20(7-9-21)10-11-30-19-15(24)14-5-4-13-12-22(14)16(25)23(13)32-33(27,28)29;1-5-9-13-17(14-10-6-2,15-11-7-3)16-12-8-4/h13-14H,4-12H2,1-3H3,(H,19,24)(H,27,28,29);5-16H2,1-4H3/q;+1/t13-,14+;/m1./s1. The molecule has 0 aliphatic carbocycles. The molecule has 2 bridgehead atoms. The highest BCUT2D eigenvalue weighted by molar-refractivity contribution is 7.80. The summed E-state index contributed by atoms with van der Waals surface area (Å²) < 4.78 is 41.8. The first-order chi connectivity index (χ1) is 23.6. The van der Waals surface area contributed by atoms with Crippen molar-refractivity contribution in [2.45, 2.75) is 130 Å². The van der Waals surface area contributed by atoms with Crippen LogP contribution in [0.4, 0.5) is 9.59 Å². The molecule has 3 aliphatic rings. The number of amides is 4. The van der Waals surface area contributed by atoms with Crippen LogP contribution >= 0.6 is 0 Å². The number of hydrogen-bond acceptors (Lipinski definition) is 9. The molecule has 0 saturated carbocycles. The number of piperidine rings is 1. The van der Waals surface area contributed by atoms with Crippen LogP contribution in [0.5, 0.6) is 0 Å². The smallest absolute Gasteiger partial charge is 0.418 e. The number of carbonyl (C=O) groups is 3. The second-order valence-electron chi connectivity index (χ2n) is 14.8. The van der Waals surface area contributed by atoms with Crippen LogP contribution in [-0.2, 0) is 29.1 Å². The summed E-state index contributed by atoms with van der Waals surface area (Å²) >= 11 is 0. The Hall–Kier alpha value is -2.24. The van der Waals surface area contributed by atoms with E-state index in [4.69, 9.17) is 14.1 Å². The van der Waals surface area contributed by atoms with Gasteiger partial charge in [0.15, 0.2) is 0 Å². The summed E-state index contributed by atoms with van der Waals surface area (Å²) in [7, 11) is -4.84. The number of hydrogen-bond donors (Lipinski definition) is 2. The van der Waals surface area contributed by atoms with Gasteiger partial charge < -0.3 is 19.0 Å². The fraction of sp³-hybridized carbons (Fsp3) is 0.912. The number of piperazine rings is 1. The molecule has 2 atom stereocenters. The first-order valence-electron chi connectivity index (χ1n) is 18.8. The SMILES string of the molecule is CC(C)(C)OC(=O)N1CCN(CCONC(=O)[C@@H]2CC[C@@H]3CN2C(=O)N3OS(=O)(=O)O)CC1.CCCC[N+](CCCC)(CCCC)CCCC. The number of hydroxylamine groups is 3. The zero-order valence-electron chi connectivity index (χ0n) is 31.9. The summed E-state index contributed by atoms with van der Waals surface area (Å²) in [6, 6.07) is -2.21. The maximum atomic E-state index is 12.5. The highest BCUT2D eigenvalue weighted by Gasteiger charge is 2.49. The summed E-state index contributed by atoms with van der Waals surface area (Å²) in [5.74, 6) is -0.523. The number of quaternary nitrogens is 1. The Morgan fingerprint density at radius 2 is 1.40 bits per heavy atom. The van der Waals surface area contributed by atoms with Crippen molar-refractivity contribution in [3.63, 3.8) is 0 Å². The summed E-state index contributed by atoms with van der Waals surface area (Å²) in [4.78, 5) is 47.1. The number of carbonyl (C=O) groups excluding carboxylic acids is 3. The molecule has 3 aliphatic heterocycles. The fourth-order valence-electron chi connectivity index (χ4n) is 6.59. The summed E-state index contributed by atoms with van der Waals surface area (Å²) in [6.45, 7) is 23.7. The molecule has 3 saturated heterocycles. The van der Waals surface area contributed by atoms with E-state index in [0.29, 0.717) is 50.6 Å². The quantitative estimate of drug-likeness (QED) is 0.0832. The van der Waals surface area contributed by atoms with Gasteiger partial charge in [-0.2, -0.15) is 13.5 Å². The lowest BCUT2D eigenvalue weighted by Gasteiger charge is -2.39. The van der Waals surface area contributed by atoms with Gasteiger partial charge >= 0.3 is 22.5 Å². The Labute approximate surface area is 301 Å². The van der Waals surface area contributed by atoms with Crippen molar-refractivity contribution in [3.8, 4) is 0 Å². The van der Waals surface area contributed by atoms with Gasteiger partial charge in [0.25, 0.3) is 5.91 Å². The summed E-state index contributed by atoms with van der Waals surface area (Å²) in [6.07, 6.45) is 11.4. The van der Waals surface area contributed by atoms with Crippen LogP contribution in [0.2, 0.25) is 0 Å². The number of urea groups is 1. The van der Waals surface area contributed by atoms with Crippen molar-refractivity contribution < 1.29 is 45.7 Å². The fourth-order valence-corrected chi connectivity index (χ4v) is 6.98. The van der Waals surface area contributed by atoms with Gasteiger partial charge in [0.05, 0.1) is 38.8 Å². The van der Waals surface area contributed by atoms with Crippen LogP contribution in [0.15, 0.2) is 0 Å². The average Bonchev–Trinajstić information content (AvgIpc) is 3.29. The first kappa shape index (κ1) is 43.9. The highest BCUT2D eigenvalue weighted by Crippen LogP contribution is 2.30. The molecular weight excluding hydrogens is 668 g/mol. The van der Waals surface area contributed by atoms with E-state index in [1.54, 1.807) is 4.90 Å². The third-order valence-electron chi connectivity index (χ3n) is 9.45. The lowest BCUT2D eigenvalue weighted by atomic mass is 10.0. The lowest BCUT2D eigenvalue weighted by molar-refractivity contribution is -0.929. The highest BCUT2D eigenvalue weighted by atomic mass is 32.3. The van der Waals surface area contributed by atoms with Crippen molar-refractivity contribution in [2.24, 2.45) is 0 Å². The van der Waals surface area contributed by atoms with E-state index in [1.807, 2.05) is 20.8 Å².